The lowest BCUT2D eigenvalue weighted by Gasteiger charge is -2.33. The van der Waals surface area contributed by atoms with Gasteiger partial charge in [0.15, 0.2) is 0 Å². The van der Waals surface area contributed by atoms with E-state index in [9.17, 15) is 18.0 Å². The SMILES string of the molecule is CNCCCC1CN(C(=O)Nc2ccc(OC(F)(F)F)cc2)CCO1. The molecule has 1 aromatic carbocycles. The number of nitrogens with zero attached hydrogens (tertiary/aromatic N) is 1. The number of carbonyl (C=O) groups is 1. The molecule has 1 saturated heterocycles. The molecule has 1 unspecified atom stereocenters. The number of ether oxygens (including phenoxy) is 2. The van der Waals surface area contributed by atoms with E-state index in [2.05, 4.69) is 15.4 Å². The van der Waals surface area contributed by atoms with Crippen LogP contribution in [0, 0.1) is 0 Å². The van der Waals surface area contributed by atoms with Crippen LogP contribution in [0.3, 0.4) is 0 Å². The molecule has 0 aromatic heterocycles. The minimum atomic E-state index is -4.74. The molecule has 0 saturated carbocycles. The van der Waals surface area contributed by atoms with E-state index in [1.165, 1.54) is 12.1 Å². The van der Waals surface area contributed by atoms with Gasteiger partial charge in [-0.15, -0.1) is 13.2 Å². The molecule has 1 aliphatic rings. The van der Waals surface area contributed by atoms with Gasteiger partial charge in [0.1, 0.15) is 5.75 Å². The van der Waals surface area contributed by atoms with Crippen LogP contribution < -0.4 is 15.4 Å². The highest BCUT2D eigenvalue weighted by Gasteiger charge is 2.31. The number of morpholine rings is 1. The van der Waals surface area contributed by atoms with Crippen LogP contribution in [-0.4, -0.2) is 56.7 Å². The van der Waals surface area contributed by atoms with E-state index in [0.717, 1.165) is 31.5 Å². The molecular formula is C16H22F3N3O3. The van der Waals surface area contributed by atoms with Crippen LogP contribution in [-0.2, 0) is 4.74 Å². The molecule has 25 heavy (non-hydrogen) atoms. The van der Waals surface area contributed by atoms with Gasteiger partial charge in [-0.2, -0.15) is 0 Å². The first-order chi connectivity index (χ1) is 11.9. The molecule has 2 N–H and O–H groups in total. The molecule has 1 aliphatic heterocycles. The summed E-state index contributed by atoms with van der Waals surface area (Å²) >= 11 is 0. The Morgan fingerprint density at radius 2 is 2.08 bits per heavy atom. The molecule has 2 amide bonds. The normalized spacial score (nSPS) is 18.1. The van der Waals surface area contributed by atoms with E-state index in [4.69, 9.17) is 4.74 Å². The maximum atomic E-state index is 12.3. The molecule has 0 aliphatic carbocycles. The summed E-state index contributed by atoms with van der Waals surface area (Å²) < 4.78 is 45.8. The lowest BCUT2D eigenvalue weighted by molar-refractivity contribution is -0.274. The Morgan fingerprint density at radius 1 is 1.36 bits per heavy atom. The van der Waals surface area contributed by atoms with Crippen molar-refractivity contribution in [2.45, 2.75) is 25.3 Å². The number of amides is 2. The minimum Gasteiger partial charge on any atom is -0.406 e. The number of alkyl halides is 3. The second kappa shape index (κ2) is 8.91. The third kappa shape index (κ3) is 6.79. The fourth-order valence-corrected chi connectivity index (χ4v) is 2.53. The number of halogens is 3. The standard InChI is InChI=1S/C16H22F3N3O3/c1-20-8-2-3-14-11-22(9-10-24-14)15(23)21-12-4-6-13(7-5-12)25-16(17,18)19/h4-7,14,20H,2-3,8-11H2,1H3,(H,21,23). The van der Waals surface area contributed by atoms with Gasteiger partial charge < -0.3 is 25.0 Å². The number of benzene rings is 1. The minimum absolute atomic E-state index is 0.00425. The van der Waals surface area contributed by atoms with Crippen molar-refractivity contribution in [3.8, 4) is 5.75 Å². The second-order valence-corrected chi connectivity index (χ2v) is 5.69. The lowest BCUT2D eigenvalue weighted by atomic mass is 10.1. The second-order valence-electron chi connectivity index (χ2n) is 5.69. The van der Waals surface area contributed by atoms with Crippen LogP contribution in [0.5, 0.6) is 5.75 Å². The molecule has 0 spiro atoms. The Hall–Kier alpha value is -2.00. The molecule has 1 fully saturated rings. The molecular weight excluding hydrogens is 339 g/mol. The zero-order valence-corrected chi connectivity index (χ0v) is 13.9. The zero-order chi connectivity index (χ0) is 18.3. The largest absolute Gasteiger partial charge is 0.573 e. The summed E-state index contributed by atoms with van der Waals surface area (Å²) in [6.45, 7) is 2.32. The van der Waals surface area contributed by atoms with E-state index in [-0.39, 0.29) is 17.9 Å². The molecule has 1 aromatic rings. The molecule has 0 bridgehead atoms. The van der Waals surface area contributed by atoms with Crippen molar-refractivity contribution in [3.05, 3.63) is 24.3 Å². The molecule has 0 radical (unpaired) electrons. The van der Waals surface area contributed by atoms with Crippen molar-refractivity contribution < 1.29 is 27.4 Å². The first kappa shape index (κ1) is 19.3. The predicted molar refractivity (Wildman–Crippen MR) is 86.6 cm³/mol. The van der Waals surface area contributed by atoms with E-state index in [1.807, 2.05) is 7.05 Å². The van der Waals surface area contributed by atoms with Crippen LogP contribution in [0.2, 0.25) is 0 Å². The molecule has 6 nitrogen and oxygen atoms in total. The highest BCUT2D eigenvalue weighted by Crippen LogP contribution is 2.24. The van der Waals surface area contributed by atoms with Crippen molar-refractivity contribution in [2.75, 3.05) is 38.6 Å². The van der Waals surface area contributed by atoms with Crippen molar-refractivity contribution in [1.82, 2.24) is 10.2 Å². The van der Waals surface area contributed by atoms with Crippen LogP contribution in [0.1, 0.15) is 12.8 Å². The van der Waals surface area contributed by atoms with Crippen LogP contribution in [0.25, 0.3) is 0 Å². The van der Waals surface area contributed by atoms with E-state index >= 15 is 0 Å². The summed E-state index contributed by atoms with van der Waals surface area (Å²) in [5.41, 5.74) is 0.401. The zero-order valence-electron chi connectivity index (χ0n) is 13.9. The van der Waals surface area contributed by atoms with E-state index < -0.39 is 6.36 Å². The molecule has 1 heterocycles. The Labute approximate surface area is 144 Å². The van der Waals surface area contributed by atoms with Gasteiger partial charge in [0.05, 0.1) is 12.7 Å². The van der Waals surface area contributed by atoms with E-state index in [0.29, 0.717) is 25.4 Å². The number of anilines is 1. The first-order valence-electron chi connectivity index (χ1n) is 8.05. The highest BCUT2D eigenvalue weighted by molar-refractivity contribution is 5.89. The smallest absolute Gasteiger partial charge is 0.406 e. The number of rotatable bonds is 6. The van der Waals surface area contributed by atoms with Crippen molar-refractivity contribution in [3.63, 3.8) is 0 Å². The summed E-state index contributed by atoms with van der Waals surface area (Å²) in [5.74, 6) is -0.332. The molecule has 9 heteroatoms. The number of nitrogens with one attached hydrogen (secondary N) is 2. The first-order valence-corrected chi connectivity index (χ1v) is 8.05. The van der Waals surface area contributed by atoms with Crippen molar-refractivity contribution in [1.29, 1.82) is 0 Å². The van der Waals surface area contributed by atoms with Gasteiger partial charge in [0, 0.05) is 18.8 Å². The summed E-state index contributed by atoms with van der Waals surface area (Å²) in [5, 5.41) is 5.74. The maximum Gasteiger partial charge on any atom is 0.573 e. The molecule has 140 valence electrons. The summed E-state index contributed by atoms with van der Waals surface area (Å²) in [7, 11) is 1.88. The van der Waals surface area contributed by atoms with E-state index in [1.54, 1.807) is 4.90 Å². The van der Waals surface area contributed by atoms with Gasteiger partial charge in [-0.3, -0.25) is 0 Å². The van der Waals surface area contributed by atoms with Crippen LogP contribution in [0.15, 0.2) is 24.3 Å². The van der Waals surface area contributed by atoms with Gasteiger partial charge in [0.25, 0.3) is 0 Å². The monoisotopic (exact) mass is 361 g/mol. The maximum absolute atomic E-state index is 12.3. The van der Waals surface area contributed by atoms with Gasteiger partial charge in [-0.1, -0.05) is 0 Å². The topological polar surface area (TPSA) is 62.8 Å². The Bertz CT molecular complexity index is 552. The quantitative estimate of drug-likeness (QED) is 0.765. The predicted octanol–water partition coefficient (Wildman–Crippen LogP) is 2.82. The lowest BCUT2D eigenvalue weighted by Crippen LogP contribution is -2.47. The Morgan fingerprint density at radius 3 is 2.72 bits per heavy atom. The fourth-order valence-electron chi connectivity index (χ4n) is 2.53. The average Bonchev–Trinajstić information content (AvgIpc) is 2.56. The van der Waals surface area contributed by atoms with Gasteiger partial charge in [-0.25, -0.2) is 4.79 Å². The third-order valence-corrected chi connectivity index (χ3v) is 3.72. The average molecular weight is 361 g/mol. The third-order valence-electron chi connectivity index (χ3n) is 3.72. The number of hydrogen-bond donors (Lipinski definition) is 2. The number of carbonyl (C=O) groups excluding carboxylic acids is 1. The summed E-state index contributed by atoms with van der Waals surface area (Å²) in [4.78, 5) is 13.9. The van der Waals surface area contributed by atoms with Crippen molar-refractivity contribution in [2.24, 2.45) is 0 Å². The summed E-state index contributed by atoms with van der Waals surface area (Å²) in [6.07, 6.45) is -2.93. The summed E-state index contributed by atoms with van der Waals surface area (Å²) in [6, 6.07) is 4.74. The fraction of sp³-hybridized carbons (Fsp3) is 0.562. The van der Waals surface area contributed by atoms with Gasteiger partial charge >= 0.3 is 12.4 Å². The van der Waals surface area contributed by atoms with Crippen molar-refractivity contribution >= 4 is 11.7 Å². The molecule has 2 rings (SSSR count). The Balaban J connectivity index is 1.84. The number of urea groups is 1. The van der Waals surface area contributed by atoms with Crippen LogP contribution >= 0.6 is 0 Å². The van der Waals surface area contributed by atoms with Crippen LogP contribution in [0.4, 0.5) is 23.7 Å². The van der Waals surface area contributed by atoms with Gasteiger partial charge in [-0.05, 0) is 50.7 Å². The Kier molecular flexibility index (Phi) is 6.89. The molecule has 1 atom stereocenters. The highest BCUT2D eigenvalue weighted by atomic mass is 19.4. The van der Waals surface area contributed by atoms with Gasteiger partial charge in [0.2, 0.25) is 0 Å². The number of hydrogen-bond acceptors (Lipinski definition) is 4.